The Morgan fingerprint density at radius 1 is 1.20 bits per heavy atom. The van der Waals surface area contributed by atoms with E-state index in [1.807, 2.05) is 0 Å². The van der Waals surface area contributed by atoms with Gasteiger partial charge in [-0.25, -0.2) is 13.2 Å². The van der Waals surface area contributed by atoms with Crippen LogP contribution in [0.4, 0.5) is 5.69 Å². The molecular weight excluding hydrogens is 414 g/mol. The molecule has 10 nitrogen and oxygen atoms in total. The lowest BCUT2D eigenvalue weighted by Gasteiger charge is -2.41. The standard InChI is InChI=1S/C19H19N3O7S/c1-12-16(18(23)24)17(13-7-6-8-14(11-13)22(25)26)21(19(20-12)29-2)30(27,28)15-9-4-3-5-10-15/h3-11,17,19-20H,1-2H3,(H,23,24). The number of rotatable bonds is 6. The van der Waals surface area contributed by atoms with Gasteiger partial charge in [0.15, 0.2) is 6.35 Å². The van der Waals surface area contributed by atoms with E-state index >= 15 is 0 Å². The Bertz CT molecular complexity index is 1120. The van der Waals surface area contributed by atoms with Gasteiger partial charge in [-0.2, -0.15) is 0 Å². The molecule has 158 valence electrons. The number of allylic oxidation sites excluding steroid dienone is 1. The van der Waals surface area contributed by atoms with Crippen LogP contribution in [0.5, 0.6) is 0 Å². The van der Waals surface area contributed by atoms with Crippen LogP contribution in [0, 0.1) is 10.1 Å². The molecule has 11 heteroatoms. The van der Waals surface area contributed by atoms with Crippen LogP contribution in [0.25, 0.3) is 0 Å². The summed E-state index contributed by atoms with van der Waals surface area (Å²) in [6.07, 6.45) is -1.23. The SMILES string of the molecule is COC1NC(C)=C(C(=O)O)C(c2cccc([N+](=O)[O-])c2)N1S(=O)(=O)c1ccccc1. The number of hydrogen-bond donors (Lipinski definition) is 2. The minimum atomic E-state index is -4.27. The number of nitro benzene ring substituents is 1. The van der Waals surface area contributed by atoms with E-state index in [2.05, 4.69) is 5.32 Å². The quantitative estimate of drug-likeness (QED) is 0.522. The van der Waals surface area contributed by atoms with E-state index in [1.165, 1.54) is 56.5 Å². The van der Waals surface area contributed by atoms with E-state index in [4.69, 9.17) is 4.74 Å². The molecule has 0 aromatic heterocycles. The van der Waals surface area contributed by atoms with Gasteiger partial charge < -0.3 is 15.2 Å². The first-order valence-electron chi connectivity index (χ1n) is 8.74. The third kappa shape index (κ3) is 3.77. The second kappa shape index (κ2) is 8.22. The first-order chi connectivity index (χ1) is 14.2. The van der Waals surface area contributed by atoms with E-state index in [0.717, 1.165) is 10.4 Å². The largest absolute Gasteiger partial charge is 0.478 e. The number of carboxylic acid groups (broad SMARTS) is 1. The van der Waals surface area contributed by atoms with E-state index < -0.39 is 33.3 Å². The van der Waals surface area contributed by atoms with Crippen LogP contribution < -0.4 is 5.32 Å². The molecule has 2 aromatic rings. The molecule has 1 aliphatic heterocycles. The minimum Gasteiger partial charge on any atom is -0.478 e. The maximum Gasteiger partial charge on any atom is 0.335 e. The predicted molar refractivity (Wildman–Crippen MR) is 106 cm³/mol. The molecule has 0 saturated carbocycles. The summed E-state index contributed by atoms with van der Waals surface area (Å²) in [7, 11) is -2.99. The maximum atomic E-state index is 13.5. The fourth-order valence-corrected chi connectivity index (χ4v) is 4.98. The average molecular weight is 433 g/mol. The summed E-state index contributed by atoms with van der Waals surface area (Å²) < 4.78 is 33.2. The van der Waals surface area contributed by atoms with Gasteiger partial charge in [-0.05, 0) is 24.6 Å². The van der Waals surface area contributed by atoms with Crippen molar-refractivity contribution < 1.29 is 28.0 Å². The number of carbonyl (C=O) groups is 1. The number of methoxy groups -OCH3 is 1. The molecule has 0 radical (unpaired) electrons. The van der Waals surface area contributed by atoms with Crippen LogP contribution in [0.3, 0.4) is 0 Å². The van der Waals surface area contributed by atoms with Crippen LogP contribution in [0.2, 0.25) is 0 Å². The molecule has 0 spiro atoms. The lowest BCUT2D eigenvalue weighted by atomic mass is 9.95. The number of hydrogen-bond acceptors (Lipinski definition) is 7. The van der Waals surface area contributed by atoms with Crippen molar-refractivity contribution in [2.45, 2.75) is 24.2 Å². The zero-order valence-corrected chi connectivity index (χ0v) is 16.9. The van der Waals surface area contributed by atoms with Crippen LogP contribution in [-0.2, 0) is 19.6 Å². The number of non-ortho nitro benzene ring substituents is 1. The number of nitrogens with one attached hydrogen (secondary N) is 1. The molecular formula is C19H19N3O7S. The Hall–Kier alpha value is -3.28. The van der Waals surface area contributed by atoms with Crippen molar-refractivity contribution in [3.63, 3.8) is 0 Å². The second-order valence-electron chi connectivity index (χ2n) is 6.48. The van der Waals surface area contributed by atoms with Crippen molar-refractivity contribution >= 4 is 21.7 Å². The van der Waals surface area contributed by atoms with Crippen molar-refractivity contribution in [3.8, 4) is 0 Å². The topological polar surface area (TPSA) is 139 Å². The van der Waals surface area contributed by atoms with Gasteiger partial charge in [-0.1, -0.05) is 30.3 Å². The number of nitro groups is 1. The summed E-state index contributed by atoms with van der Waals surface area (Å²) in [5, 5.41) is 23.8. The Morgan fingerprint density at radius 3 is 2.43 bits per heavy atom. The summed E-state index contributed by atoms with van der Waals surface area (Å²) in [5.41, 5.74) is -0.239. The number of nitrogens with zero attached hydrogens (tertiary/aromatic N) is 2. The van der Waals surface area contributed by atoms with Gasteiger partial charge in [-0.3, -0.25) is 10.1 Å². The summed E-state index contributed by atoms with van der Waals surface area (Å²) in [6, 6.07) is 11.3. The molecule has 0 bridgehead atoms. The third-order valence-electron chi connectivity index (χ3n) is 4.67. The highest BCUT2D eigenvalue weighted by Gasteiger charge is 2.46. The number of aliphatic carboxylic acids is 1. The lowest BCUT2D eigenvalue weighted by molar-refractivity contribution is -0.385. The first kappa shape index (κ1) is 21.4. The van der Waals surface area contributed by atoms with Crippen molar-refractivity contribution in [1.82, 2.24) is 9.62 Å². The van der Waals surface area contributed by atoms with Crippen LogP contribution >= 0.6 is 0 Å². The first-order valence-corrected chi connectivity index (χ1v) is 10.2. The normalized spacial score (nSPS) is 19.9. The predicted octanol–water partition coefficient (Wildman–Crippen LogP) is 2.22. The molecule has 1 aliphatic rings. The highest BCUT2D eigenvalue weighted by atomic mass is 32.2. The minimum absolute atomic E-state index is 0.0754. The van der Waals surface area contributed by atoms with E-state index in [0.29, 0.717) is 0 Å². The van der Waals surface area contributed by atoms with Crippen LogP contribution in [-0.4, -0.2) is 42.2 Å². The van der Waals surface area contributed by atoms with Crippen LogP contribution in [0.1, 0.15) is 18.5 Å². The number of carboxylic acids is 1. The smallest absolute Gasteiger partial charge is 0.335 e. The average Bonchev–Trinajstić information content (AvgIpc) is 2.73. The van der Waals surface area contributed by atoms with Crippen LogP contribution in [0.15, 0.2) is 70.8 Å². The molecule has 0 saturated heterocycles. The van der Waals surface area contributed by atoms with E-state index in [9.17, 15) is 28.4 Å². The van der Waals surface area contributed by atoms with E-state index in [-0.39, 0.29) is 27.4 Å². The summed E-state index contributed by atoms with van der Waals surface area (Å²) >= 11 is 0. The van der Waals surface area contributed by atoms with Gasteiger partial charge in [0.2, 0.25) is 10.0 Å². The molecule has 2 aromatic carbocycles. The molecule has 2 unspecified atom stereocenters. The van der Waals surface area contributed by atoms with Gasteiger partial charge >= 0.3 is 5.97 Å². The highest BCUT2D eigenvalue weighted by molar-refractivity contribution is 7.89. The van der Waals surface area contributed by atoms with E-state index in [1.54, 1.807) is 6.07 Å². The second-order valence-corrected chi connectivity index (χ2v) is 8.32. The molecule has 0 amide bonds. The summed E-state index contributed by atoms with van der Waals surface area (Å²) in [6.45, 7) is 1.48. The molecule has 1 heterocycles. The van der Waals surface area contributed by atoms with Gasteiger partial charge in [0, 0.05) is 24.9 Å². The summed E-state index contributed by atoms with van der Waals surface area (Å²) in [4.78, 5) is 22.6. The van der Waals surface area contributed by atoms with Gasteiger partial charge in [-0.15, -0.1) is 4.31 Å². The maximum absolute atomic E-state index is 13.5. The Labute approximate surface area is 172 Å². The zero-order valence-electron chi connectivity index (χ0n) is 16.1. The highest BCUT2D eigenvalue weighted by Crippen LogP contribution is 2.40. The zero-order chi connectivity index (χ0) is 22.1. The Morgan fingerprint density at radius 2 is 1.87 bits per heavy atom. The lowest BCUT2D eigenvalue weighted by Crippen LogP contribution is -2.55. The van der Waals surface area contributed by atoms with Gasteiger partial charge in [0.1, 0.15) is 0 Å². The van der Waals surface area contributed by atoms with Crippen molar-refractivity contribution in [1.29, 1.82) is 0 Å². The van der Waals surface area contributed by atoms with Crippen molar-refractivity contribution in [2.24, 2.45) is 0 Å². The molecule has 30 heavy (non-hydrogen) atoms. The number of sulfonamides is 1. The van der Waals surface area contributed by atoms with Crippen molar-refractivity contribution in [2.75, 3.05) is 7.11 Å². The summed E-state index contributed by atoms with van der Waals surface area (Å²) in [5.74, 6) is -1.36. The third-order valence-corrected chi connectivity index (χ3v) is 6.50. The number of benzene rings is 2. The van der Waals surface area contributed by atoms with Gasteiger partial charge in [0.05, 0.1) is 21.4 Å². The fourth-order valence-electron chi connectivity index (χ4n) is 3.34. The monoisotopic (exact) mass is 433 g/mol. The van der Waals surface area contributed by atoms with Gasteiger partial charge in [0.25, 0.3) is 5.69 Å². The molecule has 2 N–H and O–H groups in total. The molecule has 3 rings (SSSR count). The Kier molecular flexibility index (Phi) is 5.87. The number of ether oxygens (including phenoxy) is 1. The molecule has 2 atom stereocenters. The molecule has 0 fully saturated rings. The fraction of sp³-hybridized carbons (Fsp3) is 0.211. The Balaban J connectivity index is 2.30. The van der Waals surface area contributed by atoms with Crippen molar-refractivity contribution in [3.05, 3.63) is 81.5 Å². The molecule has 0 aliphatic carbocycles.